The number of nitrogens with zero attached hydrogens (tertiary/aromatic N) is 2. The number of ether oxygens (including phenoxy) is 1. The fraction of sp³-hybridized carbons (Fsp3) is 0.800. The molecular formula is C10H17N3O2. The first kappa shape index (κ1) is 10.6. The van der Waals surface area contributed by atoms with E-state index in [2.05, 4.69) is 15.5 Å². The average molecular weight is 211 g/mol. The lowest BCUT2D eigenvalue weighted by Gasteiger charge is -2.21. The van der Waals surface area contributed by atoms with E-state index in [0.717, 1.165) is 19.8 Å². The number of nitrogens with one attached hydrogen (secondary N) is 1. The Labute approximate surface area is 89.2 Å². The van der Waals surface area contributed by atoms with Crippen molar-refractivity contribution in [2.45, 2.75) is 26.3 Å². The minimum absolute atomic E-state index is 0.628. The monoisotopic (exact) mass is 211 g/mol. The van der Waals surface area contributed by atoms with Gasteiger partial charge in [-0.05, 0) is 25.7 Å². The van der Waals surface area contributed by atoms with Gasteiger partial charge in [-0.3, -0.25) is 0 Å². The molecule has 1 saturated heterocycles. The smallest absolute Gasteiger partial charge is 0.240 e. The third-order valence-electron chi connectivity index (χ3n) is 2.53. The zero-order valence-corrected chi connectivity index (χ0v) is 9.03. The van der Waals surface area contributed by atoms with E-state index < -0.39 is 0 Å². The maximum Gasteiger partial charge on any atom is 0.240 e. The molecule has 2 heterocycles. The third kappa shape index (κ3) is 3.28. The van der Waals surface area contributed by atoms with Crippen LogP contribution in [0.2, 0.25) is 0 Å². The molecule has 1 aliphatic rings. The molecule has 0 bridgehead atoms. The Balaban J connectivity index is 1.65. The van der Waals surface area contributed by atoms with Crippen molar-refractivity contribution < 1.29 is 9.26 Å². The quantitative estimate of drug-likeness (QED) is 0.801. The van der Waals surface area contributed by atoms with Gasteiger partial charge in [0.2, 0.25) is 5.89 Å². The zero-order chi connectivity index (χ0) is 10.5. The molecular weight excluding hydrogens is 194 g/mol. The number of hydrogen-bond donors (Lipinski definition) is 1. The van der Waals surface area contributed by atoms with Gasteiger partial charge in [-0.25, -0.2) is 0 Å². The van der Waals surface area contributed by atoms with E-state index >= 15 is 0 Å². The van der Waals surface area contributed by atoms with Gasteiger partial charge in [0.1, 0.15) is 0 Å². The van der Waals surface area contributed by atoms with Crippen LogP contribution in [0.5, 0.6) is 0 Å². The SMILES string of the molecule is Cc1noc(CNCC2CCCOC2)n1. The Morgan fingerprint density at radius 1 is 1.53 bits per heavy atom. The molecule has 0 spiro atoms. The lowest BCUT2D eigenvalue weighted by atomic mass is 10.0. The van der Waals surface area contributed by atoms with E-state index in [0.29, 0.717) is 24.2 Å². The van der Waals surface area contributed by atoms with Crippen LogP contribution in [0, 0.1) is 12.8 Å². The summed E-state index contributed by atoms with van der Waals surface area (Å²) in [5.41, 5.74) is 0. The van der Waals surface area contributed by atoms with Crippen LogP contribution < -0.4 is 5.32 Å². The van der Waals surface area contributed by atoms with Gasteiger partial charge in [0.15, 0.2) is 5.82 Å². The predicted molar refractivity (Wildman–Crippen MR) is 54.3 cm³/mol. The molecule has 1 atom stereocenters. The van der Waals surface area contributed by atoms with E-state index in [-0.39, 0.29) is 0 Å². The molecule has 1 aliphatic heterocycles. The Kier molecular flexibility index (Phi) is 3.69. The van der Waals surface area contributed by atoms with Crippen molar-refractivity contribution in [3.63, 3.8) is 0 Å². The van der Waals surface area contributed by atoms with Gasteiger partial charge in [-0.1, -0.05) is 5.16 Å². The van der Waals surface area contributed by atoms with E-state index in [1.165, 1.54) is 12.8 Å². The van der Waals surface area contributed by atoms with Crippen molar-refractivity contribution in [1.29, 1.82) is 0 Å². The Morgan fingerprint density at radius 2 is 2.47 bits per heavy atom. The molecule has 0 aliphatic carbocycles. The summed E-state index contributed by atoms with van der Waals surface area (Å²) in [4.78, 5) is 4.12. The summed E-state index contributed by atoms with van der Waals surface area (Å²) in [6.45, 7) is 5.22. The summed E-state index contributed by atoms with van der Waals surface area (Å²) in [7, 11) is 0. The van der Waals surface area contributed by atoms with Crippen LogP contribution in [0.3, 0.4) is 0 Å². The first-order valence-corrected chi connectivity index (χ1v) is 5.42. The van der Waals surface area contributed by atoms with Gasteiger partial charge >= 0.3 is 0 Å². The number of aromatic nitrogens is 2. The van der Waals surface area contributed by atoms with E-state index in [9.17, 15) is 0 Å². The van der Waals surface area contributed by atoms with E-state index in [1.54, 1.807) is 0 Å². The Morgan fingerprint density at radius 3 is 3.13 bits per heavy atom. The normalized spacial score (nSPS) is 21.8. The van der Waals surface area contributed by atoms with Crippen LogP contribution in [-0.4, -0.2) is 29.9 Å². The van der Waals surface area contributed by atoms with Gasteiger partial charge in [-0.2, -0.15) is 4.98 Å². The van der Waals surface area contributed by atoms with Gasteiger partial charge in [0, 0.05) is 13.2 Å². The average Bonchev–Trinajstić information content (AvgIpc) is 2.66. The molecule has 1 unspecified atom stereocenters. The fourth-order valence-electron chi connectivity index (χ4n) is 1.76. The summed E-state index contributed by atoms with van der Waals surface area (Å²) >= 11 is 0. The highest BCUT2D eigenvalue weighted by Gasteiger charge is 2.13. The van der Waals surface area contributed by atoms with E-state index in [1.807, 2.05) is 6.92 Å². The highest BCUT2D eigenvalue weighted by Crippen LogP contribution is 2.12. The number of hydrogen-bond acceptors (Lipinski definition) is 5. The fourth-order valence-corrected chi connectivity index (χ4v) is 1.76. The zero-order valence-electron chi connectivity index (χ0n) is 9.03. The second-order valence-electron chi connectivity index (χ2n) is 3.95. The summed E-state index contributed by atoms with van der Waals surface area (Å²) in [5.74, 6) is 1.97. The molecule has 0 aromatic carbocycles. The van der Waals surface area contributed by atoms with Crippen molar-refractivity contribution in [2.24, 2.45) is 5.92 Å². The third-order valence-corrected chi connectivity index (χ3v) is 2.53. The molecule has 2 rings (SSSR count). The van der Waals surface area contributed by atoms with Crippen molar-refractivity contribution >= 4 is 0 Å². The first-order chi connectivity index (χ1) is 7.34. The summed E-state index contributed by atoms with van der Waals surface area (Å²) < 4.78 is 10.4. The lowest BCUT2D eigenvalue weighted by molar-refractivity contribution is 0.0545. The minimum atomic E-state index is 0.628. The topological polar surface area (TPSA) is 60.2 Å². The minimum Gasteiger partial charge on any atom is -0.381 e. The van der Waals surface area contributed by atoms with Gasteiger partial charge in [-0.15, -0.1) is 0 Å². The molecule has 0 amide bonds. The molecule has 0 saturated carbocycles. The summed E-state index contributed by atoms with van der Waals surface area (Å²) in [6.07, 6.45) is 2.42. The second-order valence-corrected chi connectivity index (χ2v) is 3.95. The van der Waals surface area contributed by atoms with E-state index in [4.69, 9.17) is 9.26 Å². The van der Waals surface area contributed by atoms with Crippen LogP contribution in [0.1, 0.15) is 24.6 Å². The van der Waals surface area contributed by atoms with Crippen molar-refractivity contribution in [3.8, 4) is 0 Å². The largest absolute Gasteiger partial charge is 0.381 e. The van der Waals surface area contributed by atoms with Crippen LogP contribution in [0.25, 0.3) is 0 Å². The maximum absolute atomic E-state index is 5.40. The molecule has 1 fully saturated rings. The van der Waals surface area contributed by atoms with Crippen molar-refractivity contribution in [3.05, 3.63) is 11.7 Å². The number of rotatable bonds is 4. The number of aryl methyl sites for hydroxylation is 1. The van der Waals surface area contributed by atoms with Crippen LogP contribution in [0.4, 0.5) is 0 Å². The Hall–Kier alpha value is -0.940. The predicted octanol–water partition coefficient (Wildman–Crippen LogP) is 0.894. The van der Waals surface area contributed by atoms with Gasteiger partial charge in [0.25, 0.3) is 0 Å². The molecule has 5 nitrogen and oxygen atoms in total. The van der Waals surface area contributed by atoms with Crippen LogP contribution in [0.15, 0.2) is 4.52 Å². The van der Waals surface area contributed by atoms with Crippen LogP contribution in [-0.2, 0) is 11.3 Å². The summed E-state index contributed by atoms with van der Waals surface area (Å²) in [5, 5.41) is 7.04. The molecule has 15 heavy (non-hydrogen) atoms. The second kappa shape index (κ2) is 5.23. The molecule has 1 aromatic heterocycles. The molecule has 84 valence electrons. The van der Waals surface area contributed by atoms with Gasteiger partial charge < -0.3 is 14.6 Å². The standard InChI is InChI=1S/C10H17N3O2/c1-8-12-10(15-13-8)6-11-5-9-3-2-4-14-7-9/h9,11H,2-7H2,1H3. The molecule has 5 heteroatoms. The summed E-state index contributed by atoms with van der Waals surface area (Å²) in [6, 6.07) is 0. The molecule has 1 N–H and O–H groups in total. The highest BCUT2D eigenvalue weighted by atomic mass is 16.5. The molecule has 0 radical (unpaired) electrons. The van der Waals surface area contributed by atoms with Crippen molar-refractivity contribution in [1.82, 2.24) is 15.5 Å². The lowest BCUT2D eigenvalue weighted by Crippen LogP contribution is -2.28. The van der Waals surface area contributed by atoms with Crippen LogP contribution >= 0.6 is 0 Å². The van der Waals surface area contributed by atoms with Crippen molar-refractivity contribution in [2.75, 3.05) is 19.8 Å². The van der Waals surface area contributed by atoms with Gasteiger partial charge in [0.05, 0.1) is 13.2 Å². The Bertz CT molecular complexity index is 295. The first-order valence-electron chi connectivity index (χ1n) is 5.42. The highest BCUT2D eigenvalue weighted by molar-refractivity contribution is 4.82. The molecule has 1 aromatic rings. The maximum atomic E-state index is 5.40.